The van der Waals surface area contributed by atoms with Crippen molar-refractivity contribution in [2.75, 3.05) is 25.1 Å². The van der Waals surface area contributed by atoms with E-state index in [4.69, 9.17) is 32.7 Å². The molecule has 1 saturated carbocycles. The first kappa shape index (κ1) is 33.4. The Morgan fingerprint density at radius 3 is 2.20 bits per heavy atom. The van der Waals surface area contributed by atoms with Crippen LogP contribution in [0.5, 0.6) is 11.5 Å². The fraction of sp³-hybridized carbons (Fsp3) is 0.375. The first-order valence-corrected chi connectivity index (χ1v) is 16.6. The normalized spacial score (nSPS) is 14.1. The van der Waals surface area contributed by atoms with Gasteiger partial charge in [0.1, 0.15) is 24.1 Å². The number of hydrogen-bond donors (Lipinski definition) is 1. The molecule has 9 nitrogen and oxygen atoms in total. The largest absolute Gasteiger partial charge is 0.497 e. The van der Waals surface area contributed by atoms with Crippen molar-refractivity contribution in [1.29, 1.82) is 0 Å². The number of sulfonamides is 1. The third-order valence-corrected chi connectivity index (χ3v) is 10.2. The van der Waals surface area contributed by atoms with Gasteiger partial charge in [-0.15, -0.1) is 0 Å². The van der Waals surface area contributed by atoms with E-state index in [1.807, 2.05) is 0 Å². The van der Waals surface area contributed by atoms with Crippen LogP contribution >= 0.6 is 23.2 Å². The lowest BCUT2D eigenvalue weighted by Crippen LogP contribution is -2.53. The van der Waals surface area contributed by atoms with Gasteiger partial charge in [-0.1, -0.05) is 67.2 Å². The molecule has 236 valence electrons. The van der Waals surface area contributed by atoms with E-state index >= 15 is 0 Å². The SMILES string of the molecule is CCC(C(=O)NC1CCCC1)N(Cc1c(Cl)cccc1Cl)C(=O)CN(c1cc(OC)ccc1OC)S(=O)(=O)c1ccccc1. The van der Waals surface area contributed by atoms with Crippen molar-refractivity contribution in [1.82, 2.24) is 10.2 Å². The molecule has 1 unspecified atom stereocenters. The maximum absolute atomic E-state index is 14.4. The summed E-state index contributed by atoms with van der Waals surface area (Å²) in [6, 6.07) is 16.6. The monoisotopic (exact) mass is 661 g/mol. The number of methoxy groups -OCH3 is 2. The topological polar surface area (TPSA) is 105 Å². The third-order valence-electron chi connectivity index (χ3n) is 7.74. The molecule has 0 heterocycles. The van der Waals surface area contributed by atoms with E-state index in [-0.39, 0.29) is 41.2 Å². The van der Waals surface area contributed by atoms with Gasteiger partial charge in [-0.3, -0.25) is 13.9 Å². The van der Waals surface area contributed by atoms with Gasteiger partial charge in [-0.2, -0.15) is 0 Å². The van der Waals surface area contributed by atoms with Crippen LogP contribution in [0.1, 0.15) is 44.6 Å². The Bertz CT molecular complexity index is 1550. The zero-order valence-corrected chi connectivity index (χ0v) is 27.3. The van der Waals surface area contributed by atoms with Crippen molar-refractivity contribution in [3.05, 3.63) is 82.3 Å². The highest BCUT2D eigenvalue weighted by Crippen LogP contribution is 2.36. The number of anilines is 1. The molecule has 44 heavy (non-hydrogen) atoms. The van der Waals surface area contributed by atoms with E-state index in [0.717, 1.165) is 30.0 Å². The van der Waals surface area contributed by atoms with Crippen LogP contribution < -0.4 is 19.1 Å². The first-order valence-electron chi connectivity index (χ1n) is 14.4. The Labute approximate surface area is 269 Å². The molecule has 1 aliphatic rings. The van der Waals surface area contributed by atoms with Gasteiger partial charge in [0.05, 0.1) is 24.8 Å². The molecule has 0 aromatic heterocycles. The molecule has 1 N–H and O–H groups in total. The van der Waals surface area contributed by atoms with E-state index < -0.39 is 28.5 Å². The molecule has 1 aliphatic carbocycles. The Morgan fingerprint density at radius 1 is 0.955 bits per heavy atom. The number of rotatable bonds is 13. The van der Waals surface area contributed by atoms with Crippen molar-refractivity contribution in [3.63, 3.8) is 0 Å². The summed E-state index contributed by atoms with van der Waals surface area (Å²) in [7, 11) is -1.44. The van der Waals surface area contributed by atoms with Crippen LogP contribution in [0.15, 0.2) is 71.6 Å². The van der Waals surface area contributed by atoms with Crippen molar-refractivity contribution in [2.45, 2.75) is 62.6 Å². The van der Waals surface area contributed by atoms with E-state index in [2.05, 4.69) is 5.32 Å². The van der Waals surface area contributed by atoms with Crippen molar-refractivity contribution in [3.8, 4) is 11.5 Å². The van der Waals surface area contributed by atoms with Crippen LogP contribution in [-0.2, 0) is 26.2 Å². The summed E-state index contributed by atoms with van der Waals surface area (Å²) in [4.78, 5) is 29.4. The molecule has 2 amide bonds. The summed E-state index contributed by atoms with van der Waals surface area (Å²) < 4.78 is 40.2. The van der Waals surface area contributed by atoms with E-state index in [1.54, 1.807) is 55.5 Å². The number of amides is 2. The summed E-state index contributed by atoms with van der Waals surface area (Å²) in [5.41, 5.74) is 0.552. The van der Waals surface area contributed by atoms with Crippen molar-refractivity contribution < 1.29 is 27.5 Å². The molecule has 0 bridgehead atoms. The van der Waals surface area contributed by atoms with Gasteiger partial charge in [0.2, 0.25) is 11.8 Å². The lowest BCUT2D eigenvalue weighted by Gasteiger charge is -2.34. The van der Waals surface area contributed by atoms with E-state index in [1.165, 1.54) is 37.3 Å². The van der Waals surface area contributed by atoms with Gasteiger partial charge >= 0.3 is 0 Å². The zero-order valence-electron chi connectivity index (χ0n) is 25.0. The molecule has 12 heteroatoms. The Morgan fingerprint density at radius 2 is 1.61 bits per heavy atom. The van der Waals surface area contributed by atoms with Crippen molar-refractivity contribution in [2.24, 2.45) is 0 Å². The van der Waals surface area contributed by atoms with Crippen LogP contribution in [0.4, 0.5) is 5.69 Å². The highest BCUT2D eigenvalue weighted by Gasteiger charge is 2.36. The average Bonchev–Trinajstić information content (AvgIpc) is 3.54. The van der Waals surface area contributed by atoms with Gasteiger partial charge in [0.15, 0.2) is 0 Å². The maximum atomic E-state index is 14.4. The number of hydrogen-bond acceptors (Lipinski definition) is 6. The fourth-order valence-electron chi connectivity index (χ4n) is 5.37. The molecule has 4 rings (SSSR count). The predicted octanol–water partition coefficient (Wildman–Crippen LogP) is 6.07. The number of ether oxygens (including phenoxy) is 2. The quantitative estimate of drug-likeness (QED) is 0.238. The lowest BCUT2D eigenvalue weighted by molar-refractivity contribution is -0.140. The molecule has 0 spiro atoms. The van der Waals surface area contributed by atoms with Gasteiger partial charge in [-0.05, 0) is 55.7 Å². The summed E-state index contributed by atoms with van der Waals surface area (Å²) >= 11 is 13.0. The summed E-state index contributed by atoms with van der Waals surface area (Å²) in [5.74, 6) is -0.362. The molecule has 0 saturated heterocycles. The molecule has 0 radical (unpaired) electrons. The van der Waals surface area contributed by atoms with Crippen LogP contribution in [0.2, 0.25) is 10.0 Å². The van der Waals surface area contributed by atoms with Crippen molar-refractivity contribution >= 4 is 50.7 Å². The Hall–Kier alpha value is -3.47. The first-order chi connectivity index (χ1) is 21.1. The minimum absolute atomic E-state index is 0.0217. The number of carbonyl (C=O) groups excluding carboxylic acids is 2. The third kappa shape index (κ3) is 7.60. The van der Waals surface area contributed by atoms with Crippen LogP contribution in [-0.4, -0.2) is 58.0 Å². The van der Waals surface area contributed by atoms with Crippen LogP contribution in [0.3, 0.4) is 0 Å². The highest BCUT2D eigenvalue weighted by atomic mass is 35.5. The molecule has 1 fully saturated rings. The van der Waals surface area contributed by atoms with E-state index in [0.29, 0.717) is 21.4 Å². The summed E-state index contributed by atoms with van der Waals surface area (Å²) in [6.45, 7) is 1.05. The second-order valence-corrected chi connectivity index (χ2v) is 13.2. The smallest absolute Gasteiger partial charge is 0.264 e. The van der Waals surface area contributed by atoms with Crippen LogP contribution in [0.25, 0.3) is 0 Å². The molecular formula is C32H37Cl2N3O6S. The Kier molecular flexibility index (Phi) is 11.4. The van der Waals surface area contributed by atoms with Gasteiger partial charge < -0.3 is 19.7 Å². The second-order valence-electron chi connectivity index (χ2n) is 10.5. The molecule has 0 aliphatic heterocycles. The number of nitrogens with zero attached hydrogens (tertiary/aromatic N) is 2. The molecule has 3 aromatic rings. The van der Waals surface area contributed by atoms with Gasteiger partial charge in [0, 0.05) is 34.3 Å². The number of carbonyl (C=O) groups is 2. The van der Waals surface area contributed by atoms with E-state index in [9.17, 15) is 18.0 Å². The molecule has 1 atom stereocenters. The Balaban J connectivity index is 1.80. The molecular weight excluding hydrogens is 625 g/mol. The molecule has 3 aromatic carbocycles. The minimum Gasteiger partial charge on any atom is -0.497 e. The fourth-order valence-corrected chi connectivity index (χ4v) is 7.32. The van der Waals surface area contributed by atoms with Gasteiger partial charge in [0.25, 0.3) is 10.0 Å². The summed E-state index contributed by atoms with van der Waals surface area (Å²) in [6.07, 6.45) is 4.05. The minimum atomic E-state index is -4.30. The second kappa shape index (κ2) is 15.0. The number of nitrogens with one attached hydrogen (secondary N) is 1. The standard InChI is InChI=1S/C32H37Cl2N3O6S/c1-4-28(32(39)35-22-11-8-9-12-22)36(20-25-26(33)15-10-16-27(25)34)31(38)21-37(44(40,41)24-13-6-5-7-14-24)29-19-23(42-2)17-18-30(29)43-3/h5-7,10,13-19,22,28H,4,8-9,11-12,20-21H2,1-3H3,(H,35,39). The number of benzene rings is 3. The predicted molar refractivity (Wildman–Crippen MR) is 172 cm³/mol. The van der Waals surface area contributed by atoms with Gasteiger partial charge in [-0.25, -0.2) is 8.42 Å². The maximum Gasteiger partial charge on any atom is 0.264 e. The lowest BCUT2D eigenvalue weighted by atomic mass is 10.1. The highest BCUT2D eigenvalue weighted by molar-refractivity contribution is 7.92. The summed E-state index contributed by atoms with van der Waals surface area (Å²) in [5, 5.41) is 3.73. The number of halogens is 2. The average molecular weight is 663 g/mol. The van der Waals surface area contributed by atoms with Crippen LogP contribution in [0, 0.1) is 0 Å². The zero-order chi connectivity index (χ0) is 31.9.